The number of aliphatic hydroxyl groups is 1. The molecule has 0 saturated carbocycles. The van der Waals surface area contributed by atoms with Crippen LogP contribution in [0.1, 0.15) is 18.4 Å². The molecule has 0 radical (unpaired) electrons. The lowest BCUT2D eigenvalue weighted by atomic mass is 10.2. The number of amides is 2. The number of carbonyl (C=O) groups excluding carboxylic acids is 1. The Morgan fingerprint density at radius 3 is 3.09 bits per heavy atom. The molecule has 2 heterocycles. The highest BCUT2D eigenvalue weighted by molar-refractivity contribution is 5.74. The standard InChI is InChI=1S/C16H20N4O2/c21-12-15-6-2-8-19(15)16(22)17-11-13-4-1-5-14(10-13)20-9-3-7-18-20/h1,3-5,7,9-10,15,21H,2,6,8,11-12H2,(H,17,22). The maximum Gasteiger partial charge on any atom is 0.317 e. The van der Waals surface area contributed by atoms with E-state index in [0.29, 0.717) is 13.1 Å². The topological polar surface area (TPSA) is 70.4 Å². The lowest BCUT2D eigenvalue weighted by Crippen LogP contribution is -2.43. The smallest absolute Gasteiger partial charge is 0.317 e. The first kappa shape index (κ1) is 14.6. The van der Waals surface area contributed by atoms with Gasteiger partial charge in [-0.1, -0.05) is 12.1 Å². The maximum atomic E-state index is 12.2. The Balaban J connectivity index is 1.62. The summed E-state index contributed by atoms with van der Waals surface area (Å²) in [5.41, 5.74) is 1.98. The summed E-state index contributed by atoms with van der Waals surface area (Å²) in [6.45, 7) is 1.20. The van der Waals surface area contributed by atoms with E-state index in [1.165, 1.54) is 0 Å². The van der Waals surface area contributed by atoms with Crippen LogP contribution in [-0.4, -0.2) is 45.0 Å². The highest BCUT2D eigenvalue weighted by Crippen LogP contribution is 2.16. The van der Waals surface area contributed by atoms with Crippen molar-refractivity contribution >= 4 is 6.03 Å². The van der Waals surface area contributed by atoms with Gasteiger partial charge in [-0.3, -0.25) is 0 Å². The molecule has 0 aliphatic carbocycles. The first-order chi connectivity index (χ1) is 10.8. The summed E-state index contributed by atoms with van der Waals surface area (Å²) in [7, 11) is 0. The second-order valence-corrected chi connectivity index (χ2v) is 5.45. The minimum Gasteiger partial charge on any atom is -0.394 e. The van der Waals surface area contributed by atoms with Crippen molar-refractivity contribution in [2.45, 2.75) is 25.4 Å². The number of urea groups is 1. The molecule has 1 aromatic carbocycles. The molecule has 3 rings (SSSR count). The van der Waals surface area contributed by atoms with Crippen LogP contribution in [0.2, 0.25) is 0 Å². The molecule has 2 aromatic rings. The predicted molar refractivity (Wildman–Crippen MR) is 82.6 cm³/mol. The molecule has 2 N–H and O–H groups in total. The number of likely N-dealkylation sites (tertiary alicyclic amines) is 1. The number of rotatable bonds is 4. The molecule has 116 valence electrons. The monoisotopic (exact) mass is 300 g/mol. The molecule has 1 fully saturated rings. The summed E-state index contributed by atoms with van der Waals surface area (Å²) in [5.74, 6) is 0. The average molecular weight is 300 g/mol. The average Bonchev–Trinajstić information content (AvgIpc) is 3.23. The molecule has 1 unspecified atom stereocenters. The molecular weight excluding hydrogens is 280 g/mol. The minimum absolute atomic E-state index is 0.0300. The van der Waals surface area contributed by atoms with Gasteiger partial charge in [0.05, 0.1) is 18.3 Å². The van der Waals surface area contributed by atoms with E-state index in [1.54, 1.807) is 15.8 Å². The molecule has 2 amide bonds. The molecule has 0 bridgehead atoms. The number of aliphatic hydroxyl groups excluding tert-OH is 1. The van der Waals surface area contributed by atoms with Crippen LogP contribution < -0.4 is 5.32 Å². The summed E-state index contributed by atoms with van der Waals surface area (Å²) in [6, 6.07) is 9.61. The Kier molecular flexibility index (Phi) is 4.39. The summed E-state index contributed by atoms with van der Waals surface area (Å²) in [4.78, 5) is 13.9. The molecule has 0 spiro atoms. The Morgan fingerprint density at radius 1 is 1.41 bits per heavy atom. The van der Waals surface area contributed by atoms with Gasteiger partial charge >= 0.3 is 6.03 Å². The van der Waals surface area contributed by atoms with Gasteiger partial charge in [0.1, 0.15) is 0 Å². The van der Waals surface area contributed by atoms with Crippen molar-refractivity contribution in [3.63, 3.8) is 0 Å². The number of hydrogen-bond donors (Lipinski definition) is 2. The summed E-state index contributed by atoms with van der Waals surface area (Å²) < 4.78 is 1.79. The quantitative estimate of drug-likeness (QED) is 0.900. The Hall–Kier alpha value is -2.34. The van der Waals surface area contributed by atoms with Crippen molar-refractivity contribution in [1.82, 2.24) is 20.0 Å². The number of nitrogens with one attached hydrogen (secondary N) is 1. The van der Waals surface area contributed by atoms with Crippen molar-refractivity contribution in [1.29, 1.82) is 0 Å². The number of carbonyl (C=O) groups is 1. The van der Waals surface area contributed by atoms with Crippen molar-refractivity contribution in [3.05, 3.63) is 48.3 Å². The normalized spacial score (nSPS) is 17.7. The fourth-order valence-electron chi connectivity index (χ4n) is 2.80. The maximum absolute atomic E-state index is 12.2. The van der Waals surface area contributed by atoms with E-state index in [-0.39, 0.29) is 18.7 Å². The van der Waals surface area contributed by atoms with Crippen LogP contribution in [-0.2, 0) is 6.54 Å². The highest BCUT2D eigenvalue weighted by Gasteiger charge is 2.27. The van der Waals surface area contributed by atoms with Crippen molar-refractivity contribution in [2.75, 3.05) is 13.2 Å². The second-order valence-electron chi connectivity index (χ2n) is 5.45. The number of hydrogen-bond acceptors (Lipinski definition) is 3. The first-order valence-electron chi connectivity index (χ1n) is 7.52. The summed E-state index contributed by atoms with van der Waals surface area (Å²) in [6.07, 6.45) is 5.44. The molecule has 1 aliphatic heterocycles. The molecule has 1 aromatic heterocycles. The largest absolute Gasteiger partial charge is 0.394 e. The van der Waals surface area contributed by atoms with E-state index in [9.17, 15) is 9.90 Å². The van der Waals surface area contributed by atoms with Gasteiger partial charge in [0, 0.05) is 25.5 Å². The zero-order valence-corrected chi connectivity index (χ0v) is 12.4. The third kappa shape index (κ3) is 3.12. The third-order valence-electron chi connectivity index (χ3n) is 3.97. The van der Waals surface area contributed by atoms with Gasteiger partial charge in [-0.15, -0.1) is 0 Å². The predicted octanol–water partition coefficient (Wildman–Crippen LogP) is 1.54. The van der Waals surface area contributed by atoms with Crippen LogP contribution in [0.3, 0.4) is 0 Å². The van der Waals surface area contributed by atoms with Gasteiger partial charge in [0.15, 0.2) is 0 Å². The van der Waals surface area contributed by atoms with E-state index in [4.69, 9.17) is 0 Å². The van der Waals surface area contributed by atoms with E-state index in [2.05, 4.69) is 10.4 Å². The van der Waals surface area contributed by atoms with Crippen molar-refractivity contribution in [2.24, 2.45) is 0 Å². The van der Waals surface area contributed by atoms with Crippen LogP contribution in [0, 0.1) is 0 Å². The Morgan fingerprint density at radius 2 is 2.32 bits per heavy atom. The highest BCUT2D eigenvalue weighted by atomic mass is 16.3. The summed E-state index contributed by atoms with van der Waals surface area (Å²) >= 11 is 0. The number of aromatic nitrogens is 2. The van der Waals surface area contributed by atoms with E-state index in [1.807, 2.05) is 36.5 Å². The molecular formula is C16H20N4O2. The molecule has 1 aliphatic rings. The van der Waals surface area contributed by atoms with E-state index >= 15 is 0 Å². The van der Waals surface area contributed by atoms with Gasteiger partial charge in [0.25, 0.3) is 0 Å². The van der Waals surface area contributed by atoms with Crippen LogP contribution in [0.5, 0.6) is 0 Å². The molecule has 1 atom stereocenters. The zero-order valence-electron chi connectivity index (χ0n) is 12.4. The molecule has 6 nitrogen and oxygen atoms in total. The van der Waals surface area contributed by atoms with Gasteiger partial charge in [-0.2, -0.15) is 5.10 Å². The van der Waals surface area contributed by atoms with Gasteiger partial charge in [-0.05, 0) is 36.6 Å². The number of nitrogens with zero attached hydrogens (tertiary/aromatic N) is 3. The fourth-order valence-corrected chi connectivity index (χ4v) is 2.80. The van der Waals surface area contributed by atoms with Crippen LogP contribution in [0.25, 0.3) is 5.69 Å². The lowest BCUT2D eigenvalue weighted by molar-refractivity contribution is 0.157. The summed E-state index contributed by atoms with van der Waals surface area (Å²) in [5, 5.41) is 16.4. The van der Waals surface area contributed by atoms with Gasteiger partial charge in [0.2, 0.25) is 0 Å². The molecule has 1 saturated heterocycles. The van der Waals surface area contributed by atoms with Crippen molar-refractivity contribution < 1.29 is 9.90 Å². The van der Waals surface area contributed by atoms with E-state index < -0.39 is 0 Å². The number of benzene rings is 1. The lowest BCUT2D eigenvalue weighted by Gasteiger charge is -2.23. The Bertz CT molecular complexity index is 627. The minimum atomic E-state index is -0.110. The van der Waals surface area contributed by atoms with Crippen LogP contribution in [0.4, 0.5) is 4.79 Å². The van der Waals surface area contributed by atoms with Crippen LogP contribution >= 0.6 is 0 Å². The zero-order chi connectivity index (χ0) is 15.4. The van der Waals surface area contributed by atoms with Crippen LogP contribution in [0.15, 0.2) is 42.7 Å². The fraction of sp³-hybridized carbons (Fsp3) is 0.375. The van der Waals surface area contributed by atoms with Gasteiger partial charge < -0.3 is 15.3 Å². The second kappa shape index (κ2) is 6.62. The molecule has 22 heavy (non-hydrogen) atoms. The SMILES string of the molecule is O=C(NCc1cccc(-n2cccn2)c1)N1CCCC1CO. The molecule has 6 heteroatoms. The van der Waals surface area contributed by atoms with E-state index in [0.717, 1.165) is 24.1 Å². The third-order valence-corrected chi connectivity index (χ3v) is 3.97. The first-order valence-corrected chi connectivity index (χ1v) is 7.52. The van der Waals surface area contributed by atoms with Gasteiger partial charge in [-0.25, -0.2) is 9.48 Å². The Labute approximate surface area is 129 Å². The van der Waals surface area contributed by atoms with Crippen molar-refractivity contribution in [3.8, 4) is 5.69 Å².